The van der Waals surface area contributed by atoms with E-state index in [2.05, 4.69) is 5.32 Å². The van der Waals surface area contributed by atoms with E-state index in [0.717, 1.165) is 9.77 Å². The van der Waals surface area contributed by atoms with Crippen LogP contribution < -0.4 is 5.32 Å². The zero-order valence-corrected chi connectivity index (χ0v) is 12.1. The van der Waals surface area contributed by atoms with Crippen molar-refractivity contribution < 1.29 is 9.90 Å². The molecule has 2 aromatic rings. The minimum Gasteiger partial charge on any atom is -0.389 e. The number of carbonyl (C=O) groups is 1. The normalized spacial score (nSPS) is 12.1. The molecular formula is C14H15NO2S2. The third-order valence-corrected chi connectivity index (χ3v) is 4.66. The Kier molecular flexibility index (Phi) is 5.01. The van der Waals surface area contributed by atoms with E-state index in [4.69, 9.17) is 0 Å². The van der Waals surface area contributed by atoms with Gasteiger partial charge in [-0.25, -0.2) is 0 Å². The van der Waals surface area contributed by atoms with Crippen molar-refractivity contribution in [1.82, 2.24) is 0 Å². The first-order chi connectivity index (χ1) is 9.16. The quantitative estimate of drug-likeness (QED) is 0.829. The highest BCUT2D eigenvalue weighted by molar-refractivity contribution is 8.01. The Hall–Kier alpha value is -1.30. The van der Waals surface area contributed by atoms with E-state index < -0.39 is 6.10 Å². The molecule has 3 nitrogen and oxygen atoms in total. The maximum atomic E-state index is 11.9. The molecule has 0 saturated heterocycles. The van der Waals surface area contributed by atoms with Crippen LogP contribution in [0.5, 0.6) is 0 Å². The van der Waals surface area contributed by atoms with Crippen LogP contribution in [-0.2, 0) is 4.79 Å². The van der Waals surface area contributed by atoms with Crippen LogP contribution in [0.1, 0.15) is 18.6 Å². The molecule has 0 fully saturated rings. The SMILES string of the molecule is CC(O)c1ccccc1NC(=O)CSc1cccs1. The monoisotopic (exact) mass is 293 g/mol. The number of carbonyl (C=O) groups excluding carboxylic acids is 1. The molecular weight excluding hydrogens is 278 g/mol. The minimum atomic E-state index is -0.596. The molecule has 0 spiro atoms. The minimum absolute atomic E-state index is 0.0634. The van der Waals surface area contributed by atoms with Gasteiger partial charge in [0.2, 0.25) is 5.91 Å². The van der Waals surface area contributed by atoms with Crippen LogP contribution in [0.25, 0.3) is 0 Å². The molecule has 1 aromatic heterocycles. The van der Waals surface area contributed by atoms with Gasteiger partial charge in [-0.1, -0.05) is 24.3 Å². The number of anilines is 1. The van der Waals surface area contributed by atoms with Crippen molar-refractivity contribution in [1.29, 1.82) is 0 Å². The fourth-order valence-corrected chi connectivity index (χ4v) is 3.23. The molecule has 1 amide bonds. The Morgan fingerprint density at radius 3 is 2.84 bits per heavy atom. The predicted molar refractivity (Wildman–Crippen MR) is 80.7 cm³/mol. The number of hydrogen-bond acceptors (Lipinski definition) is 4. The first-order valence-corrected chi connectivity index (χ1v) is 7.76. The van der Waals surface area contributed by atoms with Crippen molar-refractivity contribution >= 4 is 34.7 Å². The summed E-state index contributed by atoms with van der Waals surface area (Å²) in [5.41, 5.74) is 1.41. The van der Waals surface area contributed by atoms with E-state index in [1.165, 1.54) is 11.8 Å². The summed E-state index contributed by atoms with van der Waals surface area (Å²) in [6.45, 7) is 1.69. The highest BCUT2D eigenvalue weighted by atomic mass is 32.2. The lowest BCUT2D eigenvalue weighted by molar-refractivity contribution is -0.113. The van der Waals surface area contributed by atoms with Gasteiger partial charge in [-0.15, -0.1) is 23.1 Å². The second-order valence-corrected chi connectivity index (χ2v) is 6.26. The first-order valence-electron chi connectivity index (χ1n) is 5.90. The Morgan fingerprint density at radius 1 is 1.37 bits per heavy atom. The fourth-order valence-electron chi connectivity index (χ4n) is 1.64. The molecule has 0 aliphatic heterocycles. The lowest BCUT2D eigenvalue weighted by Crippen LogP contribution is -2.15. The van der Waals surface area contributed by atoms with Crippen molar-refractivity contribution in [3.8, 4) is 0 Å². The largest absolute Gasteiger partial charge is 0.389 e. The zero-order chi connectivity index (χ0) is 13.7. The molecule has 0 bridgehead atoms. The van der Waals surface area contributed by atoms with E-state index in [1.54, 1.807) is 24.3 Å². The second-order valence-electron chi connectivity index (χ2n) is 4.03. The molecule has 1 unspecified atom stereocenters. The molecule has 1 heterocycles. The van der Waals surface area contributed by atoms with E-state index >= 15 is 0 Å². The summed E-state index contributed by atoms with van der Waals surface area (Å²) >= 11 is 3.13. The molecule has 5 heteroatoms. The standard InChI is InChI=1S/C14H15NO2S2/c1-10(16)11-5-2-3-6-12(11)15-13(17)9-19-14-7-4-8-18-14/h2-8,10,16H,9H2,1H3,(H,15,17). The summed E-state index contributed by atoms with van der Waals surface area (Å²) in [7, 11) is 0. The van der Waals surface area contributed by atoms with Crippen LogP contribution in [0.15, 0.2) is 46.0 Å². The van der Waals surface area contributed by atoms with Crippen LogP contribution in [-0.4, -0.2) is 16.8 Å². The average Bonchev–Trinajstić information content (AvgIpc) is 2.90. The third kappa shape index (κ3) is 4.09. The van der Waals surface area contributed by atoms with E-state index in [0.29, 0.717) is 11.4 Å². The number of aliphatic hydroxyl groups is 1. The molecule has 19 heavy (non-hydrogen) atoms. The van der Waals surface area contributed by atoms with Crippen LogP contribution in [0, 0.1) is 0 Å². The summed E-state index contributed by atoms with van der Waals surface area (Å²) in [6, 6.07) is 11.3. The lowest BCUT2D eigenvalue weighted by Gasteiger charge is -2.12. The van der Waals surface area contributed by atoms with Gasteiger partial charge in [-0.3, -0.25) is 4.79 Å². The van der Waals surface area contributed by atoms with Gasteiger partial charge >= 0.3 is 0 Å². The van der Waals surface area contributed by atoms with Crippen molar-refractivity contribution in [3.63, 3.8) is 0 Å². The number of rotatable bonds is 5. The Bertz CT molecular complexity index is 538. The highest BCUT2D eigenvalue weighted by Crippen LogP contribution is 2.25. The topological polar surface area (TPSA) is 49.3 Å². The van der Waals surface area contributed by atoms with Gasteiger partial charge in [0.05, 0.1) is 16.1 Å². The molecule has 1 aromatic carbocycles. The first kappa shape index (κ1) is 14.1. The third-order valence-electron chi connectivity index (χ3n) is 2.53. The van der Waals surface area contributed by atoms with Crippen LogP contribution in [0.3, 0.4) is 0 Å². The molecule has 0 radical (unpaired) electrons. The van der Waals surface area contributed by atoms with Gasteiger partial charge < -0.3 is 10.4 Å². The molecule has 2 rings (SSSR count). The lowest BCUT2D eigenvalue weighted by atomic mass is 10.1. The van der Waals surface area contributed by atoms with E-state index in [1.807, 2.05) is 35.7 Å². The Labute approximate surface area is 120 Å². The number of para-hydroxylation sites is 1. The number of nitrogens with one attached hydrogen (secondary N) is 1. The summed E-state index contributed by atoms with van der Waals surface area (Å²) in [4.78, 5) is 11.9. The van der Waals surface area contributed by atoms with Crippen molar-refractivity contribution in [2.45, 2.75) is 17.2 Å². The number of thioether (sulfide) groups is 1. The van der Waals surface area contributed by atoms with Crippen molar-refractivity contribution in [2.24, 2.45) is 0 Å². The fraction of sp³-hybridized carbons (Fsp3) is 0.214. The molecule has 100 valence electrons. The summed E-state index contributed by atoms with van der Waals surface area (Å²) in [5, 5.41) is 14.5. The number of aliphatic hydroxyl groups excluding tert-OH is 1. The average molecular weight is 293 g/mol. The molecule has 2 N–H and O–H groups in total. The van der Waals surface area contributed by atoms with Crippen LogP contribution in [0.2, 0.25) is 0 Å². The zero-order valence-electron chi connectivity index (χ0n) is 10.5. The second kappa shape index (κ2) is 6.75. The van der Waals surface area contributed by atoms with Gasteiger partial charge in [0.1, 0.15) is 0 Å². The smallest absolute Gasteiger partial charge is 0.234 e. The molecule has 0 saturated carbocycles. The maximum Gasteiger partial charge on any atom is 0.234 e. The van der Waals surface area contributed by atoms with E-state index in [-0.39, 0.29) is 5.91 Å². The van der Waals surface area contributed by atoms with Crippen LogP contribution >= 0.6 is 23.1 Å². The highest BCUT2D eigenvalue weighted by Gasteiger charge is 2.10. The van der Waals surface area contributed by atoms with Crippen molar-refractivity contribution in [3.05, 3.63) is 47.3 Å². The maximum absolute atomic E-state index is 11.9. The van der Waals surface area contributed by atoms with E-state index in [9.17, 15) is 9.90 Å². The molecule has 0 aliphatic carbocycles. The predicted octanol–water partition coefficient (Wildman–Crippen LogP) is 3.53. The van der Waals surface area contributed by atoms with Crippen LogP contribution in [0.4, 0.5) is 5.69 Å². The van der Waals surface area contributed by atoms with Gasteiger partial charge in [0.25, 0.3) is 0 Å². The number of hydrogen-bond donors (Lipinski definition) is 2. The van der Waals surface area contributed by atoms with Crippen molar-refractivity contribution in [2.75, 3.05) is 11.1 Å². The summed E-state index contributed by atoms with van der Waals surface area (Å²) in [5.74, 6) is 0.306. The number of thiophene rings is 1. The number of amides is 1. The Morgan fingerprint density at radius 2 is 2.16 bits per heavy atom. The molecule has 1 atom stereocenters. The van der Waals surface area contributed by atoms with Gasteiger partial charge in [0.15, 0.2) is 0 Å². The number of benzene rings is 1. The Balaban J connectivity index is 1.95. The van der Waals surface area contributed by atoms with Gasteiger partial charge in [0, 0.05) is 11.3 Å². The molecule has 0 aliphatic rings. The van der Waals surface area contributed by atoms with Gasteiger partial charge in [-0.05, 0) is 24.4 Å². The summed E-state index contributed by atoms with van der Waals surface area (Å²) < 4.78 is 1.12. The summed E-state index contributed by atoms with van der Waals surface area (Å²) in [6.07, 6.45) is -0.596. The van der Waals surface area contributed by atoms with Gasteiger partial charge in [-0.2, -0.15) is 0 Å².